The molecule has 1 N–H and O–H groups in total. The molecule has 1 aromatic rings. The Labute approximate surface area is 106 Å². The standard InChI is InChI=1S/C13H17ClO3/c1-8-5-9(14)6-10(12(8)17-4)13(2,3)7-11(15)16/h5-6H,7H2,1-4H3,(H,15,16). The Morgan fingerprint density at radius 1 is 1.47 bits per heavy atom. The van der Waals surface area contributed by atoms with Crippen LogP contribution in [0, 0.1) is 6.92 Å². The van der Waals surface area contributed by atoms with Crippen LogP contribution in [0.25, 0.3) is 0 Å². The van der Waals surface area contributed by atoms with Crippen LogP contribution in [0.1, 0.15) is 31.4 Å². The summed E-state index contributed by atoms with van der Waals surface area (Å²) in [5, 5.41) is 9.53. The highest BCUT2D eigenvalue weighted by Crippen LogP contribution is 2.38. The molecule has 0 aliphatic heterocycles. The summed E-state index contributed by atoms with van der Waals surface area (Å²) in [5.41, 5.74) is 1.22. The largest absolute Gasteiger partial charge is 0.496 e. The van der Waals surface area contributed by atoms with Gasteiger partial charge in [-0.15, -0.1) is 0 Å². The lowest BCUT2D eigenvalue weighted by Gasteiger charge is -2.26. The summed E-state index contributed by atoms with van der Waals surface area (Å²) in [4.78, 5) is 10.9. The summed E-state index contributed by atoms with van der Waals surface area (Å²) in [7, 11) is 1.58. The van der Waals surface area contributed by atoms with Crippen molar-refractivity contribution in [3.05, 3.63) is 28.3 Å². The lowest BCUT2D eigenvalue weighted by molar-refractivity contribution is -0.138. The van der Waals surface area contributed by atoms with Crippen LogP contribution < -0.4 is 4.74 Å². The van der Waals surface area contributed by atoms with Gasteiger partial charge in [0.2, 0.25) is 0 Å². The molecule has 0 atom stereocenters. The highest BCUT2D eigenvalue weighted by Gasteiger charge is 2.28. The van der Waals surface area contributed by atoms with Gasteiger partial charge in [-0.25, -0.2) is 0 Å². The van der Waals surface area contributed by atoms with Crippen LogP contribution >= 0.6 is 11.6 Å². The van der Waals surface area contributed by atoms with E-state index in [2.05, 4.69) is 0 Å². The van der Waals surface area contributed by atoms with Crippen molar-refractivity contribution in [2.75, 3.05) is 7.11 Å². The van der Waals surface area contributed by atoms with E-state index >= 15 is 0 Å². The fourth-order valence-corrected chi connectivity index (χ4v) is 2.25. The van der Waals surface area contributed by atoms with E-state index < -0.39 is 11.4 Å². The van der Waals surface area contributed by atoms with E-state index in [-0.39, 0.29) is 6.42 Å². The average Bonchev–Trinajstić information content (AvgIpc) is 2.14. The zero-order valence-corrected chi connectivity index (χ0v) is 11.3. The van der Waals surface area contributed by atoms with Gasteiger partial charge in [-0.05, 0) is 24.6 Å². The maximum atomic E-state index is 10.9. The van der Waals surface area contributed by atoms with Crippen molar-refractivity contribution in [1.29, 1.82) is 0 Å². The Balaban J connectivity index is 3.33. The maximum Gasteiger partial charge on any atom is 0.304 e. The van der Waals surface area contributed by atoms with Crippen LogP contribution in [-0.4, -0.2) is 18.2 Å². The minimum Gasteiger partial charge on any atom is -0.496 e. The Bertz CT molecular complexity index is 439. The molecule has 0 heterocycles. The molecule has 0 bridgehead atoms. The van der Waals surface area contributed by atoms with Gasteiger partial charge in [0.05, 0.1) is 13.5 Å². The lowest BCUT2D eigenvalue weighted by Crippen LogP contribution is -2.22. The SMILES string of the molecule is COc1c(C)cc(Cl)cc1C(C)(C)CC(=O)O. The first-order chi connectivity index (χ1) is 7.77. The zero-order chi connectivity index (χ0) is 13.2. The predicted molar refractivity (Wildman–Crippen MR) is 68.0 cm³/mol. The number of aryl methyl sites for hydroxylation is 1. The van der Waals surface area contributed by atoms with Crippen LogP contribution in [0.15, 0.2) is 12.1 Å². The first-order valence-electron chi connectivity index (χ1n) is 5.34. The molecule has 0 aliphatic rings. The van der Waals surface area contributed by atoms with Gasteiger partial charge >= 0.3 is 5.97 Å². The molecule has 4 heteroatoms. The van der Waals surface area contributed by atoms with Gasteiger partial charge in [-0.1, -0.05) is 25.4 Å². The van der Waals surface area contributed by atoms with E-state index in [1.165, 1.54) is 0 Å². The molecule has 3 nitrogen and oxygen atoms in total. The number of rotatable bonds is 4. The molecule has 0 aliphatic carbocycles. The number of carboxylic acid groups (broad SMARTS) is 1. The van der Waals surface area contributed by atoms with Gasteiger partial charge in [0, 0.05) is 16.0 Å². The highest BCUT2D eigenvalue weighted by atomic mass is 35.5. The number of benzene rings is 1. The Morgan fingerprint density at radius 3 is 2.53 bits per heavy atom. The molecular formula is C13H17ClO3. The van der Waals surface area contributed by atoms with E-state index in [9.17, 15) is 4.79 Å². The summed E-state index contributed by atoms with van der Waals surface area (Å²) in [6.07, 6.45) is 0.0309. The zero-order valence-electron chi connectivity index (χ0n) is 10.5. The molecule has 0 radical (unpaired) electrons. The van der Waals surface area contributed by atoms with E-state index in [4.69, 9.17) is 21.4 Å². The number of carboxylic acids is 1. The van der Waals surface area contributed by atoms with Crippen LogP contribution in [0.3, 0.4) is 0 Å². The number of aliphatic carboxylic acids is 1. The Kier molecular flexibility index (Phi) is 4.04. The molecule has 17 heavy (non-hydrogen) atoms. The van der Waals surface area contributed by atoms with Crippen LogP contribution in [0.2, 0.25) is 5.02 Å². The highest BCUT2D eigenvalue weighted by molar-refractivity contribution is 6.30. The fourth-order valence-electron chi connectivity index (χ4n) is 1.98. The minimum atomic E-state index is -0.838. The smallest absolute Gasteiger partial charge is 0.304 e. The molecule has 0 fully saturated rings. The molecule has 0 aromatic heterocycles. The summed E-state index contributed by atoms with van der Waals surface area (Å²) in [6.45, 7) is 5.63. The van der Waals surface area contributed by atoms with E-state index in [1.54, 1.807) is 19.2 Å². The Morgan fingerprint density at radius 2 is 2.06 bits per heavy atom. The second kappa shape index (κ2) is 4.96. The second-order valence-corrected chi connectivity index (χ2v) is 5.19. The lowest BCUT2D eigenvalue weighted by atomic mass is 9.80. The monoisotopic (exact) mass is 256 g/mol. The average molecular weight is 257 g/mol. The first-order valence-corrected chi connectivity index (χ1v) is 5.72. The number of halogens is 1. The molecule has 0 saturated carbocycles. The molecule has 1 rings (SSSR count). The molecule has 1 aromatic carbocycles. The maximum absolute atomic E-state index is 10.9. The normalized spacial score (nSPS) is 11.4. The van der Waals surface area contributed by atoms with Crippen molar-refractivity contribution in [3.63, 3.8) is 0 Å². The number of hydrogen-bond acceptors (Lipinski definition) is 2. The first kappa shape index (κ1) is 13.8. The summed E-state index contributed by atoms with van der Waals surface area (Å²) in [5.74, 6) is -0.129. The van der Waals surface area contributed by atoms with E-state index in [0.29, 0.717) is 10.8 Å². The number of ether oxygens (including phenoxy) is 1. The molecule has 94 valence electrons. The summed E-state index contributed by atoms with van der Waals surface area (Å²) >= 11 is 6.02. The van der Waals surface area contributed by atoms with Gasteiger partial charge in [0.15, 0.2) is 0 Å². The number of carbonyl (C=O) groups is 1. The predicted octanol–water partition coefficient (Wildman–Crippen LogP) is 3.41. The van der Waals surface area contributed by atoms with Crippen LogP contribution in [-0.2, 0) is 10.2 Å². The fraction of sp³-hybridized carbons (Fsp3) is 0.462. The van der Waals surface area contributed by atoms with Crippen molar-refractivity contribution >= 4 is 17.6 Å². The van der Waals surface area contributed by atoms with E-state index in [0.717, 1.165) is 11.1 Å². The third kappa shape index (κ3) is 3.13. The van der Waals surface area contributed by atoms with Crippen molar-refractivity contribution in [2.24, 2.45) is 0 Å². The molecular weight excluding hydrogens is 240 g/mol. The Hall–Kier alpha value is -1.22. The van der Waals surface area contributed by atoms with E-state index in [1.807, 2.05) is 20.8 Å². The van der Waals surface area contributed by atoms with Gasteiger partial charge in [0.1, 0.15) is 5.75 Å². The summed E-state index contributed by atoms with van der Waals surface area (Å²) in [6, 6.07) is 3.58. The third-order valence-corrected chi connectivity index (χ3v) is 2.98. The van der Waals surface area contributed by atoms with Gasteiger partial charge in [0.25, 0.3) is 0 Å². The topological polar surface area (TPSA) is 46.5 Å². The molecule has 0 saturated heterocycles. The number of methoxy groups -OCH3 is 1. The van der Waals surface area contributed by atoms with Gasteiger partial charge in [-0.3, -0.25) is 4.79 Å². The van der Waals surface area contributed by atoms with Crippen molar-refractivity contribution < 1.29 is 14.6 Å². The second-order valence-electron chi connectivity index (χ2n) is 4.76. The van der Waals surface area contributed by atoms with Crippen molar-refractivity contribution in [2.45, 2.75) is 32.6 Å². The minimum absolute atomic E-state index is 0.0309. The quantitative estimate of drug-likeness (QED) is 0.898. The molecule has 0 spiro atoms. The van der Waals surface area contributed by atoms with Crippen molar-refractivity contribution in [1.82, 2.24) is 0 Å². The van der Waals surface area contributed by atoms with Crippen molar-refractivity contribution in [3.8, 4) is 5.75 Å². The van der Waals surface area contributed by atoms with Crippen LogP contribution in [0.4, 0.5) is 0 Å². The third-order valence-electron chi connectivity index (χ3n) is 2.77. The van der Waals surface area contributed by atoms with Gasteiger partial charge < -0.3 is 9.84 Å². The molecule has 0 amide bonds. The van der Waals surface area contributed by atoms with Crippen LogP contribution in [0.5, 0.6) is 5.75 Å². The summed E-state index contributed by atoms with van der Waals surface area (Å²) < 4.78 is 5.35. The van der Waals surface area contributed by atoms with Gasteiger partial charge in [-0.2, -0.15) is 0 Å². The number of hydrogen-bond donors (Lipinski definition) is 1. The molecule has 0 unspecified atom stereocenters.